The van der Waals surface area contributed by atoms with Gasteiger partial charge in [-0.15, -0.1) is 6.58 Å². The molecule has 0 saturated heterocycles. The molecular weight excluding hydrogens is 166 g/mol. The van der Waals surface area contributed by atoms with Gasteiger partial charge in [-0.25, -0.2) is 0 Å². The molecule has 0 aromatic heterocycles. The van der Waals surface area contributed by atoms with Gasteiger partial charge in [0.05, 0.1) is 0 Å². The Balaban J connectivity index is 3.33. The fourth-order valence-electron chi connectivity index (χ4n) is 0.831. The van der Waals surface area contributed by atoms with E-state index >= 15 is 0 Å². The van der Waals surface area contributed by atoms with Crippen LogP contribution in [0.2, 0.25) is 0 Å². The lowest BCUT2D eigenvalue weighted by Crippen LogP contribution is -2.23. The normalized spacial score (nSPS) is 13.4. The van der Waals surface area contributed by atoms with E-state index in [-0.39, 0.29) is 0 Å². The number of hydrogen-bond donors (Lipinski definition) is 1. The zero-order valence-corrected chi connectivity index (χ0v) is 9.29. The quantitative estimate of drug-likeness (QED) is 0.647. The summed E-state index contributed by atoms with van der Waals surface area (Å²) in [4.78, 5) is 0. The zero-order valence-electron chi connectivity index (χ0n) is 8.47. The average Bonchev–Trinajstić information content (AvgIpc) is 1.96. The number of hydrogen-bond acceptors (Lipinski definition) is 2. The third kappa shape index (κ3) is 8.15. The molecule has 0 aliphatic heterocycles. The summed E-state index contributed by atoms with van der Waals surface area (Å²) in [5, 5.41) is 0.695. The highest BCUT2D eigenvalue weighted by Gasteiger charge is 2.03. The molecule has 0 fully saturated rings. The monoisotopic (exact) mass is 187 g/mol. The Labute approximate surface area is 80.8 Å². The summed E-state index contributed by atoms with van der Waals surface area (Å²) < 4.78 is 0. The van der Waals surface area contributed by atoms with E-state index in [1.54, 1.807) is 0 Å². The highest BCUT2D eigenvalue weighted by molar-refractivity contribution is 7.99. The molecule has 0 aromatic rings. The largest absolute Gasteiger partial charge is 0.327 e. The van der Waals surface area contributed by atoms with Crippen LogP contribution >= 0.6 is 11.8 Å². The third-order valence-corrected chi connectivity index (χ3v) is 2.87. The predicted octanol–water partition coefficient (Wildman–Crippen LogP) is 2.81. The van der Waals surface area contributed by atoms with Crippen LogP contribution in [0.5, 0.6) is 0 Å². The van der Waals surface area contributed by atoms with Crippen LogP contribution in [0.15, 0.2) is 12.2 Å². The van der Waals surface area contributed by atoms with Crippen molar-refractivity contribution in [2.45, 2.75) is 44.9 Å². The molecule has 0 spiro atoms. The lowest BCUT2D eigenvalue weighted by molar-refractivity contribution is 0.671. The van der Waals surface area contributed by atoms with E-state index in [1.807, 2.05) is 11.8 Å². The minimum atomic E-state index is 0.342. The molecule has 2 N–H and O–H groups in total. The van der Waals surface area contributed by atoms with Crippen molar-refractivity contribution in [3.8, 4) is 0 Å². The molecule has 0 amide bonds. The van der Waals surface area contributed by atoms with Crippen molar-refractivity contribution in [1.29, 1.82) is 0 Å². The zero-order chi connectivity index (χ0) is 9.56. The van der Waals surface area contributed by atoms with Crippen LogP contribution in [-0.2, 0) is 0 Å². The van der Waals surface area contributed by atoms with Crippen molar-refractivity contribution in [3.05, 3.63) is 12.2 Å². The van der Waals surface area contributed by atoms with Gasteiger partial charge in [0.25, 0.3) is 0 Å². The van der Waals surface area contributed by atoms with Gasteiger partial charge in [0.2, 0.25) is 0 Å². The number of thioether (sulfide) groups is 1. The van der Waals surface area contributed by atoms with Crippen LogP contribution < -0.4 is 5.73 Å². The Bertz CT molecular complexity index is 132. The topological polar surface area (TPSA) is 26.0 Å². The second-order valence-corrected chi connectivity index (χ2v) is 5.25. The van der Waals surface area contributed by atoms with E-state index < -0.39 is 0 Å². The van der Waals surface area contributed by atoms with Crippen LogP contribution in [-0.4, -0.2) is 17.0 Å². The van der Waals surface area contributed by atoms with Gasteiger partial charge in [0.1, 0.15) is 0 Å². The van der Waals surface area contributed by atoms with E-state index in [2.05, 4.69) is 27.4 Å². The summed E-state index contributed by atoms with van der Waals surface area (Å²) in [5.74, 6) is 1.07. The minimum absolute atomic E-state index is 0.342. The molecule has 0 bridgehead atoms. The standard InChI is InChI=1S/C10H21NS/c1-8(2)5-6-10(11)7-12-9(3)4/h9-10H,1,5-7,11H2,2-4H3. The molecule has 12 heavy (non-hydrogen) atoms. The molecule has 0 aromatic carbocycles. The fourth-order valence-corrected chi connectivity index (χ4v) is 1.63. The Morgan fingerprint density at radius 1 is 1.50 bits per heavy atom. The second-order valence-electron chi connectivity index (χ2n) is 3.64. The summed E-state index contributed by atoms with van der Waals surface area (Å²) in [6, 6.07) is 0.342. The molecule has 1 nitrogen and oxygen atoms in total. The Morgan fingerprint density at radius 2 is 2.08 bits per heavy atom. The summed E-state index contributed by atoms with van der Waals surface area (Å²) in [6.45, 7) is 10.3. The second kappa shape index (κ2) is 6.55. The van der Waals surface area contributed by atoms with Gasteiger partial charge in [0, 0.05) is 11.8 Å². The van der Waals surface area contributed by atoms with E-state index in [0.29, 0.717) is 11.3 Å². The Morgan fingerprint density at radius 3 is 2.50 bits per heavy atom. The van der Waals surface area contributed by atoms with Crippen LogP contribution in [0.3, 0.4) is 0 Å². The maximum Gasteiger partial charge on any atom is 0.0133 e. The molecular formula is C10H21NS. The molecule has 0 rings (SSSR count). The first kappa shape index (κ1) is 12.0. The fraction of sp³-hybridized carbons (Fsp3) is 0.800. The minimum Gasteiger partial charge on any atom is -0.327 e. The van der Waals surface area contributed by atoms with Gasteiger partial charge >= 0.3 is 0 Å². The molecule has 2 heteroatoms. The molecule has 0 aliphatic carbocycles. The van der Waals surface area contributed by atoms with Gasteiger partial charge in [-0.3, -0.25) is 0 Å². The van der Waals surface area contributed by atoms with Crippen LogP contribution in [0.4, 0.5) is 0 Å². The number of rotatable bonds is 6. The average molecular weight is 187 g/mol. The first-order valence-corrected chi connectivity index (χ1v) is 5.58. The van der Waals surface area contributed by atoms with Crippen molar-refractivity contribution < 1.29 is 0 Å². The van der Waals surface area contributed by atoms with Gasteiger partial charge in [-0.1, -0.05) is 19.4 Å². The van der Waals surface area contributed by atoms with Crippen LogP contribution in [0.1, 0.15) is 33.6 Å². The summed E-state index contributed by atoms with van der Waals surface area (Å²) >= 11 is 1.94. The molecule has 72 valence electrons. The number of nitrogens with two attached hydrogens (primary N) is 1. The Kier molecular flexibility index (Phi) is 6.58. The molecule has 0 heterocycles. The van der Waals surface area contributed by atoms with Gasteiger partial charge in [-0.2, -0.15) is 11.8 Å². The van der Waals surface area contributed by atoms with Crippen molar-refractivity contribution >= 4 is 11.8 Å². The molecule has 0 saturated carbocycles. The van der Waals surface area contributed by atoms with E-state index in [4.69, 9.17) is 5.73 Å². The van der Waals surface area contributed by atoms with Crippen LogP contribution in [0, 0.1) is 0 Å². The maximum atomic E-state index is 5.91. The highest BCUT2D eigenvalue weighted by Crippen LogP contribution is 2.13. The molecule has 0 aliphatic rings. The maximum absolute atomic E-state index is 5.91. The van der Waals surface area contributed by atoms with Crippen LogP contribution in [0.25, 0.3) is 0 Å². The molecule has 1 unspecified atom stereocenters. The van der Waals surface area contributed by atoms with Crippen molar-refractivity contribution in [2.24, 2.45) is 5.73 Å². The lowest BCUT2D eigenvalue weighted by atomic mass is 10.1. The highest BCUT2D eigenvalue weighted by atomic mass is 32.2. The lowest BCUT2D eigenvalue weighted by Gasteiger charge is -2.12. The van der Waals surface area contributed by atoms with Crippen molar-refractivity contribution in [3.63, 3.8) is 0 Å². The van der Waals surface area contributed by atoms with Crippen molar-refractivity contribution in [1.82, 2.24) is 0 Å². The van der Waals surface area contributed by atoms with E-state index in [9.17, 15) is 0 Å². The van der Waals surface area contributed by atoms with Gasteiger partial charge in [0.15, 0.2) is 0 Å². The summed E-state index contributed by atoms with van der Waals surface area (Å²) in [7, 11) is 0. The van der Waals surface area contributed by atoms with Gasteiger partial charge < -0.3 is 5.73 Å². The molecule has 1 atom stereocenters. The van der Waals surface area contributed by atoms with Gasteiger partial charge in [-0.05, 0) is 25.0 Å². The summed E-state index contributed by atoms with van der Waals surface area (Å²) in [5.41, 5.74) is 7.14. The van der Waals surface area contributed by atoms with E-state index in [0.717, 1.165) is 18.6 Å². The third-order valence-electron chi connectivity index (χ3n) is 1.59. The predicted molar refractivity (Wildman–Crippen MR) is 59.6 cm³/mol. The smallest absolute Gasteiger partial charge is 0.0133 e. The number of allylic oxidation sites excluding steroid dienone is 1. The molecule has 0 radical (unpaired) electrons. The Hall–Kier alpha value is 0.0500. The van der Waals surface area contributed by atoms with E-state index in [1.165, 1.54) is 5.57 Å². The van der Waals surface area contributed by atoms with Crippen molar-refractivity contribution in [2.75, 3.05) is 5.75 Å². The first-order chi connectivity index (χ1) is 5.52. The first-order valence-electron chi connectivity index (χ1n) is 4.54. The SMILES string of the molecule is C=C(C)CCC(N)CSC(C)C. The summed E-state index contributed by atoms with van der Waals surface area (Å²) in [6.07, 6.45) is 2.15.